The van der Waals surface area contributed by atoms with Crippen LogP contribution in [-0.2, 0) is 12.6 Å². The fourth-order valence-electron chi connectivity index (χ4n) is 1.64. The summed E-state index contributed by atoms with van der Waals surface area (Å²) in [4.78, 5) is 15.7. The number of rotatable bonds is 4. The number of carbonyl (C=O) groups is 1. The van der Waals surface area contributed by atoms with Gasteiger partial charge < -0.3 is 9.84 Å². The lowest BCUT2D eigenvalue weighted by Gasteiger charge is -2.07. The number of hydrogen-bond acceptors (Lipinski definition) is 4. The van der Waals surface area contributed by atoms with E-state index in [1.807, 2.05) is 0 Å². The van der Waals surface area contributed by atoms with Crippen LogP contribution in [0.15, 0.2) is 28.8 Å². The van der Waals surface area contributed by atoms with Crippen LogP contribution in [0.1, 0.15) is 27.6 Å². The molecule has 2 aromatic rings. The zero-order valence-electron chi connectivity index (χ0n) is 11.1. The highest BCUT2D eigenvalue weighted by Crippen LogP contribution is 2.28. The minimum atomic E-state index is -4.41. The Labute approximate surface area is 118 Å². The third-order valence-corrected chi connectivity index (χ3v) is 2.68. The molecule has 0 aliphatic rings. The zero-order chi connectivity index (χ0) is 15.5. The average Bonchev–Trinajstić information content (AvgIpc) is 2.83. The Morgan fingerprint density at radius 1 is 1.29 bits per heavy atom. The maximum Gasteiger partial charge on any atom is 0.416 e. The van der Waals surface area contributed by atoms with Crippen molar-refractivity contribution in [2.24, 2.45) is 0 Å². The summed E-state index contributed by atoms with van der Waals surface area (Å²) >= 11 is 0. The van der Waals surface area contributed by atoms with Crippen LogP contribution in [-0.4, -0.2) is 22.6 Å². The smallest absolute Gasteiger partial charge is 0.352 e. The lowest BCUT2D eigenvalue weighted by Crippen LogP contribution is -2.26. The second kappa shape index (κ2) is 5.94. The monoisotopic (exact) mass is 299 g/mol. The van der Waals surface area contributed by atoms with Gasteiger partial charge in [-0.25, -0.2) is 0 Å². The van der Waals surface area contributed by atoms with Crippen molar-refractivity contribution < 1.29 is 22.5 Å². The first-order valence-corrected chi connectivity index (χ1v) is 6.11. The Bertz CT molecular complexity index is 620. The number of benzene rings is 1. The van der Waals surface area contributed by atoms with E-state index in [0.717, 1.165) is 24.3 Å². The summed E-state index contributed by atoms with van der Waals surface area (Å²) in [6.07, 6.45) is -4.03. The summed E-state index contributed by atoms with van der Waals surface area (Å²) in [7, 11) is 0. The fraction of sp³-hybridized carbons (Fsp3) is 0.308. The molecule has 0 atom stereocenters. The number of aryl methyl sites for hydroxylation is 1. The highest BCUT2D eigenvalue weighted by atomic mass is 19.4. The van der Waals surface area contributed by atoms with Gasteiger partial charge in [0.2, 0.25) is 5.89 Å². The molecule has 21 heavy (non-hydrogen) atoms. The van der Waals surface area contributed by atoms with Crippen molar-refractivity contribution >= 4 is 5.91 Å². The van der Waals surface area contributed by atoms with E-state index in [4.69, 9.17) is 4.52 Å². The topological polar surface area (TPSA) is 68.0 Å². The van der Waals surface area contributed by atoms with Gasteiger partial charge in [0.1, 0.15) is 0 Å². The van der Waals surface area contributed by atoms with Gasteiger partial charge in [0, 0.05) is 25.5 Å². The van der Waals surface area contributed by atoms with Gasteiger partial charge >= 0.3 is 6.18 Å². The minimum absolute atomic E-state index is 0.160. The quantitative estimate of drug-likeness (QED) is 0.941. The summed E-state index contributed by atoms with van der Waals surface area (Å²) in [6, 6.07) is 4.02. The lowest BCUT2D eigenvalue weighted by molar-refractivity contribution is -0.137. The molecule has 0 aliphatic carbocycles. The Balaban J connectivity index is 1.88. The highest BCUT2D eigenvalue weighted by Gasteiger charge is 2.30. The fourth-order valence-corrected chi connectivity index (χ4v) is 1.64. The third-order valence-electron chi connectivity index (χ3n) is 2.68. The number of halogens is 3. The van der Waals surface area contributed by atoms with Gasteiger partial charge in [0.05, 0.1) is 5.56 Å². The number of aromatic nitrogens is 2. The summed E-state index contributed by atoms with van der Waals surface area (Å²) in [5.41, 5.74) is -0.631. The molecule has 0 unspecified atom stereocenters. The summed E-state index contributed by atoms with van der Waals surface area (Å²) in [5, 5.41) is 6.23. The predicted octanol–water partition coefficient (Wildman–Crippen LogP) is 2.37. The van der Waals surface area contributed by atoms with E-state index < -0.39 is 17.6 Å². The molecule has 1 N–H and O–H groups in total. The Morgan fingerprint density at radius 3 is 2.48 bits per heavy atom. The Morgan fingerprint density at radius 2 is 1.95 bits per heavy atom. The van der Waals surface area contributed by atoms with Crippen LogP contribution in [0.3, 0.4) is 0 Å². The molecule has 0 aliphatic heterocycles. The second-order valence-corrected chi connectivity index (χ2v) is 4.31. The highest BCUT2D eigenvalue weighted by molar-refractivity contribution is 5.94. The molecule has 8 heteroatoms. The van der Waals surface area contributed by atoms with Gasteiger partial charge in [-0.15, -0.1) is 0 Å². The molecule has 2 rings (SSSR count). The first-order valence-electron chi connectivity index (χ1n) is 6.11. The molecule has 0 saturated heterocycles. The molecule has 112 valence electrons. The number of carbonyl (C=O) groups excluding carboxylic acids is 1. The molecule has 0 bridgehead atoms. The number of hydrogen-bond donors (Lipinski definition) is 1. The number of amides is 1. The number of nitrogens with one attached hydrogen (secondary N) is 1. The molecule has 5 nitrogen and oxygen atoms in total. The summed E-state index contributed by atoms with van der Waals surface area (Å²) < 4.78 is 41.9. The maximum atomic E-state index is 12.4. The molecular formula is C13H12F3N3O2. The molecule has 1 amide bonds. The van der Waals surface area contributed by atoms with Crippen molar-refractivity contribution in [1.82, 2.24) is 15.5 Å². The van der Waals surface area contributed by atoms with E-state index in [1.165, 1.54) is 0 Å². The molecule has 0 radical (unpaired) electrons. The van der Waals surface area contributed by atoms with Crippen molar-refractivity contribution in [2.45, 2.75) is 19.5 Å². The normalized spacial score (nSPS) is 11.4. The van der Waals surface area contributed by atoms with Crippen LogP contribution in [0.2, 0.25) is 0 Å². The molecule has 0 saturated carbocycles. The molecule has 0 spiro atoms. The summed E-state index contributed by atoms with van der Waals surface area (Å²) in [6.45, 7) is 1.91. The van der Waals surface area contributed by atoms with Gasteiger partial charge in [0.15, 0.2) is 5.82 Å². The van der Waals surface area contributed by atoms with Crippen LogP contribution in [0.5, 0.6) is 0 Å². The van der Waals surface area contributed by atoms with Gasteiger partial charge in [-0.05, 0) is 24.3 Å². The van der Waals surface area contributed by atoms with E-state index in [2.05, 4.69) is 15.5 Å². The standard InChI is InChI=1S/C13H12F3N3O2/c1-8-18-11(19-21-8)6-7-17-12(20)9-2-4-10(5-3-9)13(14,15)16/h2-5H,6-7H2,1H3,(H,17,20). The van der Waals surface area contributed by atoms with Crippen molar-refractivity contribution in [1.29, 1.82) is 0 Å². The van der Waals surface area contributed by atoms with Crippen LogP contribution < -0.4 is 5.32 Å². The Hall–Kier alpha value is -2.38. The molecule has 1 heterocycles. The van der Waals surface area contributed by atoms with E-state index in [1.54, 1.807) is 6.92 Å². The number of alkyl halides is 3. The van der Waals surface area contributed by atoms with Crippen molar-refractivity contribution in [3.05, 3.63) is 47.1 Å². The first kappa shape index (κ1) is 15.0. The van der Waals surface area contributed by atoms with Gasteiger partial charge in [-0.3, -0.25) is 4.79 Å². The molecule has 0 fully saturated rings. The van der Waals surface area contributed by atoms with E-state index in [-0.39, 0.29) is 12.1 Å². The van der Waals surface area contributed by atoms with Gasteiger partial charge in [0.25, 0.3) is 5.91 Å². The summed E-state index contributed by atoms with van der Waals surface area (Å²) in [5.74, 6) is 0.434. The van der Waals surface area contributed by atoms with Crippen LogP contribution in [0, 0.1) is 6.92 Å². The minimum Gasteiger partial charge on any atom is -0.352 e. The average molecular weight is 299 g/mol. The lowest BCUT2D eigenvalue weighted by atomic mass is 10.1. The molecule has 1 aromatic carbocycles. The van der Waals surface area contributed by atoms with Crippen LogP contribution in [0.25, 0.3) is 0 Å². The number of nitrogens with zero attached hydrogens (tertiary/aromatic N) is 2. The third kappa shape index (κ3) is 4.04. The SMILES string of the molecule is Cc1nc(CCNC(=O)c2ccc(C(F)(F)F)cc2)no1. The van der Waals surface area contributed by atoms with Crippen molar-refractivity contribution in [3.8, 4) is 0 Å². The first-order chi connectivity index (χ1) is 9.86. The predicted molar refractivity (Wildman–Crippen MR) is 66.5 cm³/mol. The zero-order valence-corrected chi connectivity index (χ0v) is 11.1. The second-order valence-electron chi connectivity index (χ2n) is 4.31. The van der Waals surface area contributed by atoms with E-state index >= 15 is 0 Å². The van der Waals surface area contributed by atoms with Crippen LogP contribution >= 0.6 is 0 Å². The molecule has 1 aromatic heterocycles. The van der Waals surface area contributed by atoms with E-state index in [9.17, 15) is 18.0 Å². The molecular weight excluding hydrogens is 287 g/mol. The largest absolute Gasteiger partial charge is 0.416 e. The van der Waals surface area contributed by atoms with Crippen LogP contribution in [0.4, 0.5) is 13.2 Å². The van der Waals surface area contributed by atoms with Crippen molar-refractivity contribution in [2.75, 3.05) is 6.54 Å². The van der Waals surface area contributed by atoms with Gasteiger partial charge in [-0.2, -0.15) is 18.2 Å². The van der Waals surface area contributed by atoms with E-state index in [0.29, 0.717) is 18.1 Å². The van der Waals surface area contributed by atoms with Crippen molar-refractivity contribution in [3.63, 3.8) is 0 Å². The van der Waals surface area contributed by atoms with Gasteiger partial charge in [-0.1, -0.05) is 5.16 Å². The maximum absolute atomic E-state index is 12.4. The Kier molecular flexibility index (Phi) is 4.25.